The van der Waals surface area contributed by atoms with Crippen molar-refractivity contribution in [3.05, 3.63) is 34.9 Å². The lowest BCUT2D eigenvalue weighted by Crippen LogP contribution is -1.94. The van der Waals surface area contributed by atoms with Crippen LogP contribution in [0.3, 0.4) is 0 Å². The third-order valence-electron chi connectivity index (χ3n) is 2.93. The van der Waals surface area contributed by atoms with Crippen LogP contribution in [0.25, 0.3) is 22.3 Å². The summed E-state index contributed by atoms with van der Waals surface area (Å²) >= 11 is 3.48. The molecule has 3 aromatic rings. The Labute approximate surface area is 107 Å². The molecule has 0 amide bonds. The number of fused-ring (bicyclic) bond motifs is 1. The summed E-state index contributed by atoms with van der Waals surface area (Å²) in [6, 6.07) is 8.30. The summed E-state index contributed by atoms with van der Waals surface area (Å²) in [7, 11) is 2.02. The molecule has 0 aliphatic heterocycles. The molecule has 17 heavy (non-hydrogen) atoms. The van der Waals surface area contributed by atoms with E-state index in [1.54, 1.807) is 6.20 Å². The Bertz CT molecular complexity index is 696. The van der Waals surface area contributed by atoms with Crippen LogP contribution in [0.2, 0.25) is 0 Å². The Morgan fingerprint density at radius 3 is 2.88 bits per heavy atom. The van der Waals surface area contributed by atoms with Gasteiger partial charge in [-0.25, -0.2) is 0 Å². The van der Waals surface area contributed by atoms with Gasteiger partial charge in [-0.05, 0) is 18.2 Å². The molecule has 0 bridgehead atoms. The second-order valence-electron chi connectivity index (χ2n) is 3.99. The van der Waals surface area contributed by atoms with E-state index in [-0.39, 0.29) is 0 Å². The maximum Gasteiger partial charge on any atom is 0.104 e. The zero-order valence-electron chi connectivity index (χ0n) is 9.24. The van der Waals surface area contributed by atoms with Crippen molar-refractivity contribution in [3.63, 3.8) is 0 Å². The number of aryl methyl sites for hydroxylation is 1. The molecule has 0 radical (unpaired) electrons. The molecule has 0 saturated carbocycles. The summed E-state index contributed by atoms with van der Waals surface area (Å²) in [4.78, 5) is 0. The number of aromatic amines is 1. The van der Waals surface area contributed by atoms with Crippen LogP contribution in [0.5, 0.6) is 0 Å². The number of aromatic nitrogens is 3. The van der Waals surface area contributed by atoms with Crippen LogP contribution in [-0.4, -0.2) is 14.8 Å². The number of rotatable bonds is 1. The number of hydrogen-bond acceptors (Lipinski definition) is 2. The predicted molar refractivity (Wildman–Crippen MR) is 72.6 cm³/mol. The van der Waals surface area contributed by atoms with E-state index in [9.17, 15) is 0 Å². The highest BCUT2D eigenvalue weighted by atomic mass is 79.9. The first-order valence-electron chi connectivity index (χ1n) is 5.21. The van der Waals surface area contributed by atoms with Gasteiger partial charge in [0.25, 0.3) is 0 Å². The van der Waals surface area contributed by atoms with Gasteiger partial charge in [0.2, 0.25) is 0 Å². The van der Waals surface area contributed by atoms with Crippen molar-refractivity contribution >= 4 is 32.5 Å². The molecule has 0 spiro atoms. The molecule has 5 heteroatoms. The molecule has 86 valence electrons. The molecular weight excluding hydrogens is 280 g/mol. The number of nitrogen functional groups attached to an aromatic ring is 1. The Hall–Kier alpha value is -1.75. The molecule has 0 saturated heterocycles. The zero-order valence-corrected chi connectivity index (χ0v) is 10.8. The van der Waals surface area contributed by atoms with Crippen LogP contribution in [0.15, 0.2) is 34.9 Å². The fraction of sp³-hybridized carbons (Fsp3) is 0.0833. The maximum atomic E-state index is 5.88. The minimum absolute atomic E-state index is 0.662. The summed E-state index contributed by atoms with van der Waals surface area (Å²) in [6.45, 7) is 0. The van der Waals surface area contributed by atoms with Gasteiger partial charge in [0.15, 0.2) is 0 Å². The van der Waals surface area contributed by atoms with Crippen LogP contribution >= 0.6 is 15.9 Å². The molecule has 3 N–H and O–H groups in total. The summed E-state index contributed by atoms with van der Waals surface area (Å²) in [5.74, 6) is 0. The van der Waals surface area contributed by atoms with Gasteiger partial charge in [-0.1, -0.05) is 22.0 Å². The normalized spacial score (nSPS) is 11.2. The lowest BCUT2D eigenvalue weighted by atomic mass is 10.2. The second kappa shape index (κ2) is 3.63. The number of hydrogen-bond donors (Lipinski definition) is 2. The Morgan fingerprint density at radius 1 is 1.35 bits per heavy atom. The molecule has 0 atom stereocenters. The molecule has 0 aliphatic rings. The molecule has 2 heterocycles. The topological polar surface area (TPSA) is 59.6 Å². The number of anilines is 1. The quantitative estimate of drug-likeness (QED) is 0.724. The first-order valence-corrected chi connectivity index (χ1v) is 6.00. The SMILES string of the molecule is Cn1c(-c2[nH]ncc2N)cc2ccc(Br)cc21. The number of nitrogens with one attached hydrogen (secondary N) is 1. The molecule has 1 aromatic carbocycles. The van der Waals surface area contributed by atoms with Crippen LogP contribution in [0, 0.1) is 0 Å². The fourth-order valence-electron chi connectivity index (χ4n) is 2.04. The van der Waals surface area contributed by atoms with E-state index < -0.39 is 0 Å². The number of benzene rings is 1. The van der Waals surface area contributed by atoms with Crippen molar-refractivity contribution in [3.8, 4) is 11.4 Å². The van der Waals surface area contributed by atoms with Gasteiger partial charge in [0.05, 0.1) is 17.6 Å². The zero-order chi connectivity index (χ0) is 12.0. The van der Waals surface area contributed by atoms with E-state index in [2.05, 4.69) is 48.9 Å². The van der Waals surface area contributed by atoms with Gasteiger partial charge >= 0.3 is 0 Å². The number of nitrogens with zero attached hydrogens (tertiary/aromatic N) is 2. The summed E-state index contributed by atoms with van der Waals surface area (Å²) in [6.07, 6.45) is 1.63. The van der Waals surface area contributed by atoms with Crippen molar-refractivity contribution in [2.45, 2.75) is 0 Å². The number of nitrogens with two attached hydrogens (primary N) is 1. The van der Waals surface area contributed by atoms with Gasteiger partial charge in [0, 0.05) is 22.4 Å². The molecule has 2 aromatic heterocycles. The van der Waals surface area contributed by atoms with Gasteiger partial charge in [-0.2, -0.15) is 5.10 Å². The molecule has 0 aliphatic carbocycles. The molecule has 4 nitrogen and oxygen atoms in total. The summed E-state index contributed by atoms with van der Waals surface area (Å²) in [5.41, 5.74) is 9.59. The maximum absolute atomic E-state index is 5.88. The molecule has 0 fully saturated rings. The van der Waals surface area contributed by atoms with E-state index >= 15 is 0 Å². The average molecular weight is 291 g/mol. The molecule has 3 rings (SSSR count). The first-order chi connectivity index (χ1) is 8.16. The summed E-state index contributed by atoms with van der Waals surface area (Å²) in [5, 5.41) is 8.07. The van der Waals surface area contributed by atoms with E-state index in [0.29, 0.717) is 5.69 Å². The van der Waals surface area contributed by atoms with Gasteiger partial charge in [0.1, 0.15) is 5.69 Å². The van der Waals surface area contributed by atoms with Crippen molar-refractivity contribution in [2.24, 2.45) is 7.05 Å². The van der Waals surface area contributed by atoms with Gasteiger partial charge in [-0.15, -0.1) is 0 Å². The van der Waals surface area contributed by atoms with Gasteiger partial charge in [-0.3, -0.25) is 5.10 Å². The third kappa shape index (κ3) is 1.54. The standard InChI is InChI=1S/C12H11BrN4/c1-17-10-5-8(13)3-2-7(10)4-11(17)12-9(14)6-15-16-12/h2-6H,14H2,1H3,(H,15,16). The van der Waals surface area contributed by atoms with Crippen molar-refractivity contribution in [2.75, 3.05) is 5.73 Å². The second-order valence-corrected chi connectivity index (χ2v) is 4.91. The third-order valence-corrected chi connectivity index (χ3v) is 3.43. The number of H-pyrrole nitrogens is 1. The lowest BCUT2D eigenvalue weighted by molar-refractivity contribution is 0.963. The van der Waals surface area contributed by atoms with E-state index in [4.69, 9.17) is 5.73 Å². The Morgan fingerprint density at radius 2 is 2.18 bits per heavy atom. The van der Waals surface area contributed by atoms with Crippen molar-refractivity contribution < 1.29 is 0 Å². The highest BCUT2D eigenvalue weighted by molar-refractivity contribution is 9.10. The fourth-order valence-corrected chi connectivity index (χ4v) is 2.39. The van der Waals surface area contributed by atoms with E-state index in [1.165, 1.54) is 5.39 Å². The van der Waals surface area contributed by atoms with Crippen molar-refractivity contribution in [1.82, 2.24) is 14.8 Å². The predicted octanol–water partition coefficient (Wildman–Crippen LogP) is 2.91. The van der Waals surface area contributed by atoms with Crippen LogP contribution in [0.1, 0.15) is 0 Å². The molecule has 0 unspecified atom stereocenters. The van der Waals surface area contributed by atoms with Crippen LogP contribution in [0.4, 0.5) is 5.69 Å². The Kier molecular flexibility index (Phi) is 2.22. The Balaban J connectivity index is 2.32. The number of halogens is 1. The van der Waals surface area contributed by atoms with Crippen molar-refractivity contribution in [1.29, 1.82) is 0 Å². The summed E-state index contributed by atoms with van der Waals surface area (Å²) < 4.78 is 3.17. The van der Waals surface area contributed by atoms with E-state index in [1.807, 2.05) is 13.1 Å². The monoisotopic (exact) mass is 290 g/mol. The minimum Gasteiger partial charge on any atom is -0.396 e. The van der Waals surface area contributed by atoms with Gasteiger partial charge < -0.3 is 10.3 Å². The highest BCUT2D eigenvalue weighted by Crippen LogP contribution is 2.30. The van der Waals surface area contributed by atoms with Crippen LogP contribution < -0.4 is 5.73 Å². The lowest BCUT2D eigenvalue weighted by Gasteiger charge is -2.02. The highest BCUT2D eigenvalue weighted by Gasteiger charge is 2.11. The largest absolute Gasteiger partial charge is 0.396 e. The first kappa shape index (κ1) is 10.4. The molecular formula is C12H11BrN4. The van der Waals surface area contributed by atoms with E-state index in [0.717, 1.165) is 21.4 Å². The van der Waals surface area contributed by atoms with Crippen LogP contribution in [-0.2, 0) is 7.05 Å². The average Bonchev–Trinajstić information content (AvgIpc) is 2.84. The smallest absolute Gasteiger partial charge is 0.104 e. The minimum atomic E-state index is 0.662.